The molecule has 2 aliphatic heterocycles. The third-order valence-corrected chi connectivity index (χ3v) is 16.1. The Morgan fingerprint density at radius 3 is 1.84 bits per heavy atom. The van der Waals surface area contributed by atoms with Crippen molar-refractivity contribution in [3.63, 3.8) is 0 Å². The SMILES string of the molecule is NCCCCC(NC(=O)[C@H](CCCN=C(N)N)NC(=O)[C@H](CO)NC(=O)[C@H](CCC(N)=O)NC(=O)CCOCCOCCOCCOCCNC(=O)CCCC[C@@H]1SC[C@@H]2NC(=O)N[C@@H]21)P(=O)(Oc1ccccc1)Oc1ccccc1. The fourth-order valence-electron chi connectivity index (χ4n) is 8.34. The van der Waals surface area contributed by atoms with Gasteiger partial charge < -0.3 is 93.3 Å². The molecule has 0 saturated carbocycles. The summed E-state index contributed by atoms with van der Waals surface area (Å²) < 4.78 is 49.0. The molecular formula is C52H83N12O15PS. The van der Waals surface area contributed by atoms with Crippen LogP contribution in [-0.4, -0.2) is 179 Å². The third-order valence-electron chi connectivity index (χ3n) is 12.5. The minimum Gasteiger partial charge on any atom is -0.415 e. The number of benzene rings is 2. The molecule has 0 spiro atoms. The number of aliphatic hydroxyl groups is 1. The van der Waals surface area contributed by atoms with Crippen molar-refractivity contribution in [2.45, 2.75) is 118 Å². The lowest BCUT2D eigenvalue weighted by Gasteiger charge is -2.30. The number of hydrogen-bond donors (Lipinski definition) is 12. The first-order valence-electron chi connectivity index (χ1n) is 27.3. The number of nitrogens with two attached hydrogens (primary N) is 4. The fraction of sp³-hybridized carbons (Fsp3) is 0.615. The molecular weight excluding hydrogens is 1100 g/mol. The zero-order valence-corrected chi connectivity index (χ0v) is 47.5. The van der Waals surface area contributed by atoms with E-state index >= 15 is 0 Å². The Bertz CT molecular complexity index is 2270. The van der Waals surface area contributed by atoms with Gasteiger partial charge in [0.2, 0.25) is 35.4 Å². The molecule has 2 aliphatic rings. The first kappa shape index (κ1) is 67.2. The molecule has 27 nitrogen and oxygen atoms in total. The van der Waals surface area contributed by atoms with Crippen molar-refractivity contribution in [1.29, 1.82) is 0 Å². The first-order chi connectivity index (χ1) is 39.1. The molecule has 81 heavy (non-hydrogen) atoms. The number of urea groups is 1. The van der Waals surface area contributed by atoms with Crippen LogP contribution in [0.25, 0.3) is 0 Å². The van der Waals surface area contributed by atoms with E-state index < -0.39 is 67.6 Å². The average molecular weight is 1180 g/mol. The number of nitrogens with one attached hydrogen (secondary N) is 7. The molecule has 7 atom stereocenters. The Morgan fingerprint density at radius 2 is 1.23 bits per heavy atom. The second-order valence-electron chi connectivity index (χ2n) is 19.0. The number of unbranched alkanes of at least 4 members (excludes halogenated alkanes) is 2. The summed E-state index contributed by atoms with van der Waals surface area (Å²) in [5.41, 5.74) is 22.2. The van der Waals surface area contributed by atoms with Crippen molar-refractivity contribution >= 4 is 66.8 Å². The number of guanidine groups is 1. The monoisotopic (exact) mass is 1180 g/mol. The van der Waals surface area contributed by atoms with Crippen LogP contribution in [0.5, 0.6) is 11.5 Å². The molecule has 2 heterocycles. The Morgan fingerprint density at radius 1 is 0.654 bits per heavy atom. The van der Waals surface area contributed by atoms with Crippen molar-refractivity contribution in [3.05, 3.63) is 60.7 Å². The number of aliphatic imine (C=N–C) groups is 1. The van der Waals surface area contributed by atoms with Crippen LogP contribution in [0.2, 0.25) is 0 Å². The Hall–Kier alpha value is -6.26. The molecule has 2 fully saturated rings. The van der Waals surface area contributed by atoms with E-state index in [4.69, 9.17) is 50.9 Å². The normalized spacial score (nSPS) is 17.0. The number of primary amides is 1. The van der Waals surface area contributed by atoms with Crippen LogP contribution in [0.15, 0.2) is 65.7 Å². The van der Waals surface area contributed by atoms with Gasteiger partial charge in [-0.15, -0.1) is 0 Å². The lowest BCUT2D eigenvalue weighted by molar-refractivity contribution is -0.135. The molecule has 0 radical (unpaired) electrons. The van der Waals surface area contributed by atoms with Gasteiger partial charge in [0.25, 0.3) is 0 Å². The predicted octanol–water partition coefficient (Wildman–Crippen LogP) is -0.0269. The number of para-hydroxylation sites is 2. The number of carbonyl (C=O) groups excluding carboxylic acids is 7. The molecule has 16 N–H and O–H groups in total. The number of aliphatic hydroxyl groups excluding tert-OH is 1. The summed E-state index contributed by atoms with van der Waals surface area (Å²) in [6.45, 7) is 1.68. The molecule has 2 saturated heterocycles. The second kappa shape index (κ2) is 38.4. The molecule has 0 aliphatic carbocycles. The predicted molar refractivity (Wildman–Crippen MR) is 303 cm³/mol. The number of carbonyl (C=O) groups is 7. The highest BCUT2D eigenvalue weighted by atomic mass is 32.2. The van der Waals surface area contributed by atoms with Crippen LogP contribution in [0, 0.1) is 0 Å². The quantitative estimate of drug-likeness (QED) is 0.0136. The van der Waals surface area contributed by atoms with Gasteiger partial charge in [0.1, 0.15) is 29.6 Å². The van der Waals surface area contributed by atoms with Crippen LogP contribution in [0.3, 0.4) is 0 Å². The Kier molecular flexibility index (Phi) is 31.9. The minimum absolute atomic E-state index is 0.0259. The van der Waals surface area contributed by atoms with Gasteiger partial charge in [-0.1, -0.05) is 42.8 Å². The first-order valence-corrected chi connectivity index (χ1v) is 30.0. The van der Waals surface area contributed by atoms with Gasteiger partial charge in [-0.05, 0) is 82.2 Å². The van der Waals surface area contributed by atoms with E-state index in [1.165, 1.54) is 0 Å². The van der Waals surface area contributed by atoms with Crippen LogP contribution >= 0.6 is 19.4 Å². The van der Waals surface area contributed by atoms with E-state index in [0.717, 1.165) is 25.0 Å². The van der Waals surface area contributed by atoms with Gasteiger partial charge in [0.15, 0.2) is 11.7 Å². The smallest absolute Gasteiger partial charge is 0.415 e. The summed E-state index contributed by atoms with van der Waals surface area (Å²) in [4.78, 5) is 94.1. The van der Waals surface area contributed by atoms with Crippen LogP contribution < -0.4 is 69.2 Å². The van der Waals surface area contributed by atoms with E-state index in [1.807, 2.05) is 11.8 Å². The fourth-order valence-corrected chi connectivity index (χ4v) is 11.8. The summed E-state index contributed by atoms with van der Waals surface area (Å²) in [7, 11) is -4.33. The van der Waals surface area contributed by atoms with Gasteiger partial charge in [0, 0.05) is 43.4 Å². The lowest BCUT2D eigenvalue weighted by atomic mass is 10.0. The van der Waals surface area contributed by atoms with E-state index in [1.54, 1.807) is 60.7 Å². The summed E-state index contributed by atoms with van der Waals surface area (Å²) >= 11 is 1.86. The molecule has 2 aromatic rings. The molecule has 8 amide bonds. The van der Waals surface area contributed by atoms with Crippen molar-refractivity contribution < 1.29 is 71.2 Å². The molecule has 452 valence electrons. The maximum absolute atomic E-state index is 14.9. The summed E-state index contributed by atoms with van der Waals surface area (Å²) in [5.74, 6) is -4.35. The van der Waals surface area contributed by atoms with E-state index in [2.05, 4.69) is 42.2 Å². The maximum atomic E-state index is 14.9. The topological polar surface area (TPSA) is 413 Å². The standard InChI is InChI=1S/C52H83N12O15PS/c53-23-10-9-19-46(80(73,78-36-12-3-1-4-13-36)79-37-14-5-2-6-15-37)63-49(70)38(16-11-24-58-51(55)56)60-50(71)40(34-65)61-48(69)39(20-21-43(54)66)59-45(68)22-26-74-28-30-76-32-33-77-31-29-75-27-25-57-44(67)18-8-7-17-42-47-41(35-81-42)62-52(72)64-47/h1-6,12-15,38-42,46-47,65H,7-11,16-35,53H2,(H2,54,66)(H,57,67)(H,59,68)(H,60,71)(H,61,69)(H,63,70)(H4,55,56,58)(H2,62,64,72)/t38-,39-,40-,41-,42-,46?,47-/m0/s1. The zero-order chi connectivity index (χ0) is 58.7. The van der Waals surface area contributed by atoms with Crippen molar-refractivity contribution in [1.82, 2.24) is 37.2 Å². The van der Waals surface area contributed by atoms with E-state index in [-0.39, 0.29) is 113 Å². The van der Waals surface area contributed by atoms with Gasteiger partial charge in [-0.25, -0.2) is 9.36 Å². The summed E-state index contributed by atoms with van der Waals surface area (Å²) in [5, 5.41) is 29.7. The van der Waals surface area contributed by atoms with Gasteiger partial charge in [-0.3, -0.25) is 33.8 Å². The second-order valence-corrected chi connectivity index (χ2v) is 22.3. The number of fused-ring (bicyclic) bond motifs is 1. The van der Waals surface area contributed by atoms with Crippen molar-refractivity contribution in [2.75, 3.05) is 84.8 Å². The molecule has 0 aromatic heterocycles. The number of thioether (sulfide) groups is 1. The Labute approximate surface area is 476 Å². The maximum Gasteiger partial charge on any atom is 0.452 e. The largest absolute Gasteiger partial charge is 0.452 e. The van der Waals surface area contributed by atoms with E-state index in [0.29, 0.717) is 64.0 Å². The average Bonchev–Trinajstić information content (AvgIpc) is 4.10. The number of rotatable bonds is 44. The van der Waals surface area contributed by atoms with Crippen LogP contribution in [0.1, 0.15) is 77.0 Å². The number of ether oxygens (including phenoxy) is 4. The lowest BCUT2D eigenvalue weighted by Crippen LogP contribution is -2.58. The molecule has 29 heteroatoms. The Balaban J connectivity index is 1.18. The van der Waals surface area contributed by atoms with Crippen molar-refractivity contribution in [2.24, 2.45) is 27.9 Å². The molecule has 0 bridgehead atoms. The highest BCUT2D eigenvalue weighted by Gasteiger charge is 2.43. The molecule has 2 aromatic carbocycles. The van der Waals surface area contributed by atoms with E-state index in [9.17, 15) is 43.2 Å². The highest BCUT2D eigenvalue weighted by molar-refractivity contribution is 8.00. The van der Waals surface area contributed by atoms with Gasteiger partial charge in [-0.2, -0.15) is 11.8 Å². The third kappa shape index (κ3) is 26.9. The summed E-state index contributed by atoms with van der Waals surface area (Å²) in [6, 6.07) is 12.3. The number of nitrogens with zero attached hydrogens (tertiary/aromatic N) is 1. The zero-order valence-electron chi connectivity index (χ0n) is 45.8. The minimum atomic E-state index is -4.33. The summed E-state index contributed by atoms with van der Waals surface area (Å²) in [6.07, 6.45) is 3.38. The molecule has 4 rings (SSSR count). The number of amides is 8. The van der Waals surface area contributed by atoms with Gasteiger partial charge >= 0.3 is 13.6 Å². The number of hydrogen-bond acceptors (Lipinski definition) is 18. The van der Waals surface area contributed by atoms with Crippen LogP contribution in [0.4, 0.5) is 4.79 Å². The highest BCUT2D eigenvalue weighted by Crippen LogP contribution is 2.53. The van der Waals surface area contributed by atoms with Crippen molar-refractivity contribution in [3.8, 4) is 11.5 Å². The molecule has 1 unspecified atom stereocenters. The van der Waals surface area contributed by atoms with Crippen LogP contribution in [-0.2, 0) is 52.3 Å². The van der Waals surface area contributed by atoms with Gasteiger partial charge in [0.05, 0.1) is 71.5 Å².